The quantitative estimate of drug-likeness (QED) is 0.526. The Labute approximate surface area is 100.0 Å². The van der Waals surface area contributed by atoms with Crippen LogP contribution in [0.3, 0.4) is 0 Å². The second-order valence-corrected chi connectivity index (χ2v) is 3.95. The molecule has 0 aromatic heterocycles. The number of nitrogens with two attached hydrogens (primary N) is 1. The van der Waals surface area contributed by atoms with Crippen LogP contribution in [0, 0.1) is 24.0 Å². The number of terminal acetylenes is 1. The van der Waals surface area contributed by atoms with Crippen LogP contribution < -0.4 is 5.73 Å². The minimum absolute atomic E-state index is 0.00478. The van der Waals surface area contributed by atoms with Crippen molar-refractivity contribution in [3.63, 3.8) is 0 Å². The first-order valence-corrected chi connectivity index (χ1v) is 5.15. The SMILES string of the molecule is C#CCC(N)C(=O)c1c(F)ccc(Br)c1F. The van der Waals surface area contributed by atoms with Crippen molar-refractivity contribution in [1.29, 1.82) is 0 Å². The molecular weight excluding hydrogens is 280 g/mol. The first kappa shape index (κ1) is 12.8. The second-order valence-electron chi connectivity index (χ2n) is 3.10. The third-order valence-electron chi connectivity index (χ3n) is 1.96. The van der Waals surface area contributed by atoms with Crippen molar-refractivity contribution in [2.75, 3.05) is 0 Å². The Kier molecular flexibility index (Phi) is 4.16. The van der Waals surface area contributed by atoms with E-state index in [1.54, 1.807) is 0 Å². The molecule has 0 aliphatic carbocycles. The Morgan fingerprint density at radius 1 is 1.56 bits per heavy atom. The summed E-state index contributed by atoms with van der Waals surface area (Å²) in [5.41, 5.74) is 4.75. The number of hydrogen-bond acceptors (Lipinski definition) is 2. The molecule has 0 aliphatic heterocycles. The van der Waals surface area contributed by atoms with E-state index in [2.05, 4.69) is 21.9 Å². The summed E-state index contributed by atoms with van der Waals surface area (Å²) in [7, 11) is 0. The fraction of sp³-hybridized carbons (Fsp3) is 0.182. The van der Waals surface area contributed by atoms with Gasteiger partial charge in [-0.3, -0.25) is 4.79 Å². The van der Waals surface area contributed by atoms with Crippen LogP contribution in [0.15, 0.2) is 16.6 Å². The number of rotatable bonds is 3. The molecule has 0 aliphatic rings. The lowest BCUT2D eigenvalue weighted by Crippen LogP contribution is -2.31. The lowest BCUT2D eigenvalue weighted by Gasteiger charge is -2.09. The van der Waals surface area contributed by atoms with Crippen LogP contribution in [0.1, 0.15) is 16.8 Å². The molecule has 2 nitrogen and oxygen atoms in total. The number of halogens is 3. The molecule has 0 heterocycles. The van der Waals surface area contributed by atoms with Gasteiger partial charge in [-0.2, -0.15) is 0 Å². The molecule has 0 saturated heterocycles. The second kappa shape index (κ2) is 5.19. The highest BCUT2D eigenvalue weighted by Crippen LogP contribution is 2.22. The Morgan fingerprint density at radius 3 is 2.75 bits per heavy atom. The third kappa shape index (κ3) is 2.46. The number of hydrogen-bond donors (Lipinski definition) is 1. The van der Waals surface area contributed by atoms with Crippen LogP contribution in [-0.2, 0) is 0 Å². The number of benzene rings is 1. The summed E-state index contributed by atoms with van der Waals surface area (Å²) < 4.78 is 26.8. The number of ketones is 1. The van der Waals surface area contributed by atoms with E-state index in [1.807, 2.05) is 0 Å². The molecule has 1 aromatic rings. The highest BCUT2D eigenvalue weighted by Gasteiger charge is 2.23. The summed E-state index contributed by atoms with van der Waals surface area (Å²) in [6.45, 7) is 0. The minimum atomic E-state index is -1.09. The van der Waals surface area contributed by atoms with Gasteiger partial charge in [0.1, 0.15) is 5.82 Å². The van der Waals surface area contributed by atoms with E-state index in [1.165, 1.54) is 6.07 Å². The van der Waals surface area contributed by atoms with Gasteiger partial charge >= 0.3 is 0 Å². The zero-order valence-electron chi connectivity index (χ0n) is 8.14. The summed E-state index contributed by atoms with van der Waals surface area (Å²) in [6, 6.07) is 1.07. The molecule has 1 atom stereocenters. The molecule has 0 spiro atoms. The maximum Gasteiger partial charge on any atom is 0.186 e. The van der Waals surface area contributed by atoms with Crippen LogP contribution >= 0.6 is 15.9 Å². The maximum atomic E-state index is 13.5. The van der Waals surface area contributed by atoms with Crippen molar-refractivity contribution in [2.45, 2.75) is 12.5 Å². The van der Waals surface area contributed by atoms with Crippen molar-refractivity contribution in [2.24, 2.45) is 5.73 Å². The van der Waals surface area contributed by atoms with E-state index < -0.39 is 29.0 Å². The average molecular weight is 288 g/mol. The van der Waals surface area contributed by atoms with Crippen LogP contribution in [-0.4, -0.2) is 11.8 Å². The third-order valence-corrected chi connectivity index (χ3v) is 2.58. The zero-order valence-corrected chi connectivity index (χ0v) is 9.72. The minimum Gasteiger partial charge on any atom is -0.320 e. The van der Waals surface area contributed by atoms with Gasteiger partial charge in [0.15, 0.2) is 11.6 Å². The summed E-state index contributed by atoms with van der Waals surface area (Å²) in [5, 5.41) is 0. The standard InChI is InChI=1S/C11H8BrF2NO/c1-2-3-8(15)11(16)9-7(13)5-4-6(12)10(9)14/h1,4-5,8H,3,15H2. The Balaban J connectivity index is 3.19. The average Bonchev–Trinajstić information content (AvgIpc) is 2.24. The highest BCUT2D eigenvalue weighted by molar-refractivity contribution is 9.10. The molecule has 0 bridgehead atoms. The van der Waals surface area contributed by atoms with Crippen molar-refractivity contribution >= 4 is 21.7 Å². The fourth-order valence-electron chi connectivity index (χ4n) is 1.16. The molecular formula is C11H8BrF2NO. The molecule has 84 valence electrons. The summed E-state index contributed by atoms with van der Waals surface area (Å²) in [5.74, 6) is -0.576. The molecule has 0 amide bonds. The van der Waals surface area contributed by atoms with Gasteiger partial charge in [-0.15, -0.1) is 12.3 Å². The molecule has 1 unspecified atom stereocenters. The van der Waals surface area contributed by atoms with Gasteiger partial charge in [0.25, 0.3) is 0 Å². The molecule has 2 N–H and O–H groups in total. The maximum absolute atomic E-state index is 13.5. The van der Waals surface area contributed by atoms with Crippen LogP contribution in [0.5, 0.6) is 0 Å². The normalized spacial score (nSPS) is 11.9. The van der Waals surface area contributed by atoms with E-state index in [9.17, 15) is 13.6 Å². The number of carbonyl (C=O) groups excluding carboxylic acids is 1. The topological polar surface area (TPSA) is 43.1 Å². The molecule has 16 heavy (non-hydrogen) atoms. The van der Waals surface area contributed by atoms with Gasteiger partial charge in [-0.25, -0.2) is 8.78 Å². The van der Waals surface area contributed by atoms with Gasteiger partial charge in [-0.1, -0.05) is 0 Å². The van der Waals surface area contributed by atoms with Crippen molar-refractivity contribution in [3.8, 4) is 12.3 Å². The molecule has 1 rings (SSSR count). The lowest BCUT2D eigenvalue weighted by atomic mass is 10.0. The summed E-state index contributed by atoms with van der Waals surface area (Å²) in [6.07, 6.45) is 4.91. The highest BCUT2D eigenvalue weighted by atomic mass is 79.9. The molecule has 0 radical (unpaired) electrons. The Hall–Kier alpha value is -1.25. The van der Waals surface area contributed by atoms with Gasteiger partial charge in [0, 0.05) is 6.42 Å². The van der Waals surface area contributed by atoms with Crippen LogP contribution in [0.2, 0.25) is 0 Å². The monoisotopic (exact) mass is 287 g/mol. The zero-order chi connectivity index (χ0) is 12.3. The number of carbonyl (C=O) groups is 1. The first-order valence-electron chi connectivity index (χ1n) is 4.35. The molecule has 5 heteroatoms. The first-order chi connectivity index (χ1) is 7.49. The fourth-order valence-corrected chi connectivity index (χ4v) is 1.49. The predicted octanol–water partition coefficient (Wildman–Crippen LogP) is 2.26. The molecule has 0 fully saturated rings. The van der Waals surface area contributed by atoms with Crippen molar-refractivity contribution < 1.29 is 13.6 Å². The van der Waals surface area contributed by atoms with E-state index in [4.69, 9.17) is 12.2 Å². The van der Waals surface area contributed by atoms with E-state index >= 15 is 0 Å². The van der Waals surface area contributed by atoms with E-state index in [0.29, 0.717) is 0 Å². The van der Waals surface area contributed by atoms with Crippen molar-refractivity contribution in [3.05, 3.63) is 33.8 Å². The van der Waals surface area contributed by atoms with Gasteiger partial charge in [-0.05, 0) is 28.1 Å². The number of Topliss-reactive ketones (excluding diaryl/α,β-unsaturated/α-hetero) is 1. The van der Waals surface area contributed by atoms with Crippen LogP contribution in [0.4, 0.5) is 8.78 Å². The lowest BCUT2D eigenvalue weighted by molar-refractivity contribution is 0.0954. The van der Waals surface area contributed by atoms with E-state index in [0.717, 1.165) is 6.07 Å². The van der Waals surface area contributed by atoms with Crippen molar-refractivity contribution in [1.82, 2.24) is 0 Å². The molecule has 1 aromatic carbocycles. The van der Waals surface area contributed by atoms with E-state index in [-0.39, 0.29) is 10.9 Å². The van der Waals surface area contributed by atoms with Gasteiger partial charge < -0.3 is 5.73 Å². The largest absolute Gasteiger partial charge is 0.320 e. The molecule has 0 saturated carbocycles. The Bertz CT molecular complexity index is 468. The predicted molar refractivity (Wildman–Crippen MR) is 59.8 cm³/mol. The summed E-state index contributed by atoms with van der Waals surface area (Å²) >= 11 is 2.86. The van der Waals surface area contributed by atoms with Gasteiger partial charge in [0.05, 0.1) is 16.1 Å². The Morgan fingerprint density at radius 2 is 2.19 bits per heavy atom. The van der Waals surface area contributed by atoms with Crippen LogP contribution in [0.25, 0.3) is 0 Å². The van der Waals surface area contributed by atoms with Gasteiger partial charge in [0.2, 0.25) is 0 Å². The smallest absolute Gasteiger partial charge is 0.186 e. The summed E-state index contributed by atoms with van der Waals surface area (Å²) in [4.78, 5) is 11.6.